The Morgan fingerprint density at radius 3 is 2.81 bits per heavy atom. The lowest BCUT2D eigenvalue weighted by Gasteiger charge is -2.02. The average Bonchev–Trinajstić information content (AvgIpc) is 2.68. The summed E-state index contributed by atoms with van der Waals surface area (Å²) < 4.78 is 18.2. The fourth-order valence-electron chi connectivity index (χ4n) is 1.20. The zero-order chi connectivity index (χ0) is 11.5. The zero-order valence-corrected chi connectivity index (χ0v) is 8.53. The number of oxazole rings is 1. The highest BCUT2D eigenvalue weighted by molar-refractivity contribution is 6.00. The maximum Gasteiger partial charge on any atom is 0.311 e. The number of amides is 1. The van der Waals surface area contributed by atoms with Crippen LogP contribution in [0.2, 0.25) is 0 Å². The van der Waals surface area contributed by atoms with Crippen LogP contribution < -0.4 is 5.32 Å². The second kappa shape index (κ2) is 4.14. The molecule has 0 saturated carbocycles. The van der Waals surface area contributed by atoms with Gasteiger partial charge in [0.05, 0.1) is 11.9 Å². The van der Waals surface area contributed by atoms with Crippen LogP contribution in [-0.4, -0.2) is 10.9 Å². The molecule has 0 radical (unpaired) electrons. The number of hydrogen-bond donors (Lipinski definition) is 1. The number of benzene rings is 1. The maximum absolute atomic E-state index is 13.2. The number of para-hydroxylation sites is 1. The molecule has 1 heterocycles. The van der Waals surface area contributed by atoms with E-state index in [4.69, 9.17) is 4.42 Å². The highest BCUT2D eigenvalue weighted by Gasteiger charge is 2.13. The minimum Gasteiger partial charge on any atom is -0.438 e. The Morgan fingerprint density at radius 1 is 1.44 bits per heavy atom. The van der Waals surface area contributed by atoms with E-state index in [-0.39, 0.29) is 11.6 Å². The fraction of sp³-hybridized carbons (Fsp3) is 0.0909. The van der Waals surface area contributed by atoms with Crippen molar-refractivity contribution in [2.75, 3.05) is 5.32 Å². The molecule has 4 nitrogen and oxygen atoms in total. The van der Waals surface area contributed by atoms with Crippen molar-refractivity contribution in [3.63, 3.8) is 0 Å². The number of hydrogen-bond acceptors (Lipinski definition) is 3. The topological polar surface area (TPSA) is 55.1 Å². The monoisotopic (exact) mass is 220 g/mol. The Morgan fingerprint density at radius 2 is 2.19 bits per heavy atom. The summed E-state index contributed by atoms with van der Waals surface area (Å²) >= 11 is 0. The van der Waals surface area contributed by atoms with Gasteiger partial charge in [-0.25, -0.2) is 9.37 Å². The third kappa shape index (κ3) is 2.08. The highest BCUT2D eigenvalue weighted by Crippen LogP contribution is 2.13. The van der Waals surface area contributed by atoms with E-state index in [1.807, 2.05) is 0 Å². The summed E-state index contributed by atoms with van der Waals surface area (Å²) in [5.74, 6) is -0.628. The van der Waals surface area contributed by atoms with E-state index in [9.17, 15) is 9.18 Å². The summed E-state index contributed by atoms with van der Waals surface area (Å²) in [6.45, 7) is 1.67. The van der Waals surface area contributed by atoms with Gasteiger partial charge in [-0.1, -0.05) is 12.1 Å². The molecule has 5 heteroatoms. The molecule has 0 aliphatic carbocycles. The lowest BCUT2D eigenvalue weighted by molar-refractivity contribution is 0.0988. The first-order valence-electron chi connectivity index (χ1n) is 4.65. The second-order valence-corrected chi connectivity index (χ2v) is 3.21. The van der Waals surface area contributed by atoms with Crippen LogP contribution in [0.1, 0.15) is 16.4 Å². The van der Waals surface area contributed by atoms with Crippen LogP contribution in [0.3, 0.4) is 0 Å². The molecule has 1 aromatic heterocycles. The molecule has 1 aromatic carbocycles. The summed E-state index contributed by atoms with van der Waals surface area (Å²) in [6, 6.07) is 5.89. The Bertz CT molecular complexity index is 522. The molecular formula is C11H9FN2O2. The van der Waals surface area contributed by atoms with Gasteiger partial charge in [-0.15, -0.1) is 0 Å². The molecule has 16 heavy (non-hydrogen) atoms. The van der Waals surface area contributed by atoms with Crippen LogP contribution in [0.25, 0.3) is 0 Å². The summed E-state index contributed by atoms with van der Waals surface area (Å²) in [4.78, 5) is 15.3. The third-order valence-corrected chi connectivity index (χ3v) is 1.94. The van der Waals surface area contributed by atoms with Gasteiger partial charge in [-0.2, -0.15) is 0 Å². The molecule has 0 spiro atoms. The quantitative estimate of drug-likeness (QED) is 0.845. The summed E-state index contributed by atoms with van der Waals surface area (Å²) in [5, 5.41) is 2.37. The maximum atomic E-state index is 13.2. The van der Waals surface area contributed by atoms with Gasteiger partial charge in [0.15, 0.2) is 0 Å². The number of nitrogens with one attached hydrogen (secondary N) is 1. The smallest absolute Gasteiger partial charge is 0.311 e. The molecule has 2 aromatic rings. The van der Waals surface area contributed by atoms with Crippen LogP contribution in [0.5, 0.6) is 0 Å². The average molecular weight is 220 g/mol. The minimum absolute atomic E-state index is 0.0826. The van der Waals surface area contributed by atoms with Gasteiger partial charge < -0.3 is 9.73 Å². The standard InChI is InChI=1S/C11H9FN2O2/c1-7-6-13-11(16-7)10(15)14-9-5-3-2-4-8(9)12/h2-6H,1H3,(H,14,15). The molecule has 0 aliphatic heterocycles. The molecule has 0 saturated heterocycles. The van der Waals surface area contributed by atoms with Crippen LogP contribution in [0, 0.1) is 12.7 Å². The van der Waals surface area contributed by atoms with Crippen LogP contribution >= 0.6 is 0 Å². The van der Waals surface area contributed by atoms with Gasteiger partial charge in [-0.3, -0.25) is 4.79 Å². The van der Waals surface area contributed by atoms with Crippen LogP contribution in [0.15, 0.2) is 34.9 Å². The summed E-state index contributed by atoms with van der Waals surface area (Å²) in [7, 11) is 0. The van der Waals surface area contributed by atoms with Crippen molar-refractivity contribution in [1.29, 1.82) is 0 Å². The Kier molecular flexibility index (Phi) is 2.68. The number of halogens is 1. The molecule has 0 unspecified atom stereocenters. The number of anilines is 1. The predicted molar refractivity (Wildman–Crippen MR) is 55.6 cm³/mol. The van der Waals surface area contributed by atoms with Crippen LogP contribution in [-0.2, 0) is 0 Å². The van der Waals surface area contributed by atoms with Crippen molar-refractivity contribution in [3.05, 3.63) is 47.9 Å². The highest BCUT2D eigenvalue weighted by atomic mass is 19.1. The van der Waals surface area contributed by atoms with E-state index in [0.717, 1.165) is 0 Å². The molecule has 0 aliphatic rings. The first-order chi connectivity index (χ1) is 7.66. The molecule has 82 valence electrons. The lowest BCUT2D eigenvalue weighted by atomic mass is 10.3. The van der Waals surface area contributed by atoms with Gasteiger partial charge in [0, 0.05) is 0 Å². The Balaban J connectivity index is 2.17. The Hall–Kier alpha value is -2.17. The van der Waals surface area contributed by atoms with E-state index >= 15 is 0 Å². The lowest BCUT2D eigenvalue weighted by Crippen LogP contribution is -2.13. The van der Waals surface area contributed by atoms with E-state index in [0.29, 0.717) is 5.76 Å². The third-order valence-electron chi connectivity index (χ3n) is 1.94. The molecule has 0 atom stereocenters. The summed E-state index contributed by atoms with van der Waals surface area (Å²) in [5.41, 5.74) is 0.100. The van der Waals surface area contributed by atoms with Crippen LogP contribution in [0.4, 0.5) is 10.1 Å². The second-order valence-electron chi connectivity index (χ2n) is 3.21. The number of carbonyl (C=O) groups is 1. The number of aromatic nitrogens is 1. The molecular weight excluding hydrogens is 211 g/mol. The number of nitrogens with zero attached hydrogens (tertiary/aromatic N) is 1. The molecule has 1 N–H and O–H groups in total. The number of rotatable bonds is 2. The van der Waals surface area contributed by atoms with Crippen molar-refractivity contribution in [3.8, 4) is 0 Å². The van der Waals surface area contributed by atoms with E-state index in [1.54, 1.807) is 19.1 Å². The van der Waals surface area contributed by atoms with E-state index in [1.165, 1.54) is 18.3 Å². The first kappa shape index (κ1) is 10.4. The molecule has 2 rings (SSSR count). The van der Waals surface area contributed by atoms with Crippen molar-refractivity contribution < 1.29 is 13.6 Å². The van der Waals surface area contributed by atoms with Gasteiger partial charge in [-0.05, 0) is 19.1 Å². The van der Waals surface area contributed by atoms with Crippen molar-refractivity contribution in [2.24, 2.45) is 0 Å². The van der Waals surface area contributed by atoms with Gasteiger partial charge in [0.25, 0.3) is 5.89 Å². The SMILES string of the molecule is Cc1cnc(C(=O)Nc2ccccc2F)o1. The first-order valence-corrected chi connectivity index (χ1v) is 4.65. The molecule has 0 fully saturated rings. The van der Waals surface area contributed by atoms with Gasteiger partial charge in [0.1, 0.15) is 11.6 Å². The predicted octanol–water partition coefficient (Wildman–Crippen LogP) is 2.37. The number of aryl methyl sites for hydroxylation is 1. The number of carbonyl (C=O) groups excluding carboxylic acids is 1. The van der Waals surface area contributed by atoms with Crippen molar-refractivity contribution >= 4 is 11.6 Å². The van der Waals surface area contributed by atoms with E-state index in [2.05, 4.69) is 10.3 Å². The van der Waals surface area contributed by atoms with Gasteiger partial charge in [0.2, 0.25) is 0 Å². The van der Waals surface area contributed by atoms with E-state index < -0.39 is 11.7 Å². The summed E-state index contributed by atoms with van der Waals surface area (Å²) in [6.07, 6.45) is 1.43. The van der Waals surface area contributed by atoms with Crippen molar-refractivity contribution in [1.82, 2.24) is 4.98 Å². The van der Waals surface area contributed by atoms with Gasteiger partial charge >= 0.3 is 5.91 Å². The Labute approximate surface area is 91.1 Å². The van der Waals surface area contributed by atoms with Crippen molar-refractivity contribution in [2.45, 2.75) is 6.92 Å². The minimum atomic E-state index is -0.571. The molecule has 1 amide bonds. The molecule has 0 bridgehead atoms. The fourth-order valence-corrected chi connectivity index (χ4v) is 1.20. The largest absolute Gasteiger partial charge is 0.438 e. The zero-order valence-electron chi connectivity index (χ0n) is 8.53. The normalized spacial score (nSPS) is 10.1.